The number of non-ortho nitro benzene ring substituents is 1. The van der Waals surface area contributed by atoms with E-state index in [0.717, 1.165) is 11.3 Å². The van der Waals surface area contributed by atoms with Crippen LogP contribution in [0.3, 0.4) is 0 Å². The number of carbonyl (C=O) groups is 3. The van der Waals surface area contributed by atoms with Crippen LogP contribution in [0.1, 0.15) is 18.2 Å². The first-order chi connectivity index (χ1) is 17.7. The number of ether oxygens (including phenoxy) is 1. The number of rotatable bonds is 9. The number of hydrogen-bond acceptors (Lipinski definition) is 12. The van der Waals surface area contributed by atoms with Crippen LogP contribution in [0.4, 0.5) is 10.8 Å². The van der Waals surface area contributed by atoms with Crippen LogP contribution in [0.2, 0.25) is 0 Å². The van der Waals surface area contributed by atoms with Crippen LogP contribution in [-0.4, -0.2) is 62.1 Å². The first-order valence-corrected chi connectivity index (χ1v) is 13.0. The van der Waals surface area contributed by atoms with Crippen LogP contribution in [0.15, 0.2) is 45.5 Å². The summed E-state index contributed by atoms with van der Waals surface area (Å²) in [6.45, 7) is 1.72. The second kappa shape index (κ2) is 11.1. The molecule has 194 valence electrons. The maximum absolute atomic E-state index is 13.0. The van der Waals surface area contributed by atoms with Crippen LogP contribution in [0.5, 0.6) is 0 Å². The number of thiazole rings is 1. The van der Waals surface area contributed by atoms with Crippen molar-refractivity contribution in [3.8, 4) is 0 Å². The Morgan fingerprint density at radius 2 is 2.11 bits per heavy atom. The molecule has 0 aliphatic carbocycles. The number of nitrogens with one attached hydrogen (secondary N) is 1. The minimum Gasteiger partial charge on any atom is -0.456 e. The summed E-state index contributed by atoms with van der Waals surface area (Å²) in [5.41, 5.74) is 6.02. The van der Waals surface area contributed by atoms with E-state index in [4.69, 9.17) is 26.9 Å². The third-order valence-electron chi connectivity index (χ3n) is 5.18. The van der Waals surface area contributed by atoms with Gasteiger partial charge >= 0.3 is 5.97 Å². The standard InChI is InChI=1S/C21H19ClN6O7S2/c1-2-35-26-14(13-9-37-21(23)24-13)17(29)25-15-18(30)27-16(12(22)8-36-19(15)27)20(31)34-7-10-3-5-11(6-4-10)28(32)33/h3-6,9,15,19H,2,7-8H2,1H3,(H2,23,24)(H,25,29)/t15?,19-/m0/s1. The number of nitrogens with zero attached hydrogens (tertiary/aromatic N) is 4. The summed E-state index contributed by atoms with van der Waals surface area (Å²) in [4.78, 5) is 59.2. The summed E-state index contributed by atoms with van der Waals surface area (Å²) in [5.74, 6) is -1.87. The first-order valence-electron chi connectivity index (χ1n) is 10.7. The molecule has 2 aliphatic rings. The molecule has 2 aliphatic heterocycles. The van der Waals surface area contributed by atoms with E-state index in [1.807, 2.05) is 0 Å². The number of amides is 2. The fourth-order valence-corrected chi connectivity index (χ4v) is 5.54. The van der Waals surface area contributed by atoms with Gasteiger partial charge in [0, 0.05) is 23.3 Å². The molecule has 0 spiro atoms. The van der Waals surface area contributed by atoms with Crippen molar-refractivity contribution in [2.75, 3.05) is 18.1 Å². The van der Waals surface area contributed by atoms with Gasteiger partial charge in [-0.05, 0) is 24.6 Å². The van der Waals surface area contributed by atoms with Crippen molar-refractivity contribution in [2.45, 2.75) is 24.9 Å². The number of nitro groups is 1. The summed E-state index contributed by atoms with van der Waals surface area (Å²) < 4.78 is 5.30. The molecule has 1 fully saturated rings. The van der Waals surface area contributed by atoms with Gasteiger partial charge in [-0.25, -0.2) is 9.78 Å². The minimum atomic E-state index is -0.956. The Morgan fingerprint density at radius 1 is 1.38 bits per heavy atom. The average molecular weight is 567 g/mol. The summed E-state index contributed by atoms with van der Waals surface area (Å²) >= 11 is 8.65. The molecule has 1 saturated heterocycles. The topological polar surface area (TPSA) is 179 Å². The van der Waals surface area contributed by atoms with Crippen molar-refractivity contribution in [3.63, 3.8) is 0 Å². The Kier molecular flexibility index (Phi) is 7.94. The van der Waals surface area contributed by atoms with E-state index in [1.165, 1.54) is 40.9 Å². The molecule has 0 radical (unpaired) electrons. The number of thioether (sulfide) groups is 1. The van der Waals surface area contributed by atoms with E-state index < -0.39 is 34.1 Å². The highest BCUT2D eigenvalue weighted by Gasteiger charge is 2.54. The maximum Gasteiger partial charge on any atom is 0.356 e. The number of fused-ring (bicyclic) bond motifs is 1. The van der Waals surface area contributed by atoms with Crippen molar-refractivity contribution in [1.29, 1.82) is 0 Å². The molecule has 1 aromatic heterocycles. The van der Waals surface area contributed by atoms with Gasteiger partial charge in [-0.2, -0.15) is 0 Å². The van der Waals surface area contributed by atoms with Gasteiger partial charge < -0.3 is 20.6 Å². The van der Waals surface area contributed by atoms with Gasteiger partial charge in [0.05, 0.1) is 9.96 Å². The van der Waals surface area contributed by atoms with Gasteiger partial charge in [0.1, 0.15) is 36.0 Å². The smallest absolute Gasteiger partial charge is 0.356 e. The molecule has 2 aromatic rings. The number of aromatic nitrogens is 1. The first kappa shape index (κ1) is 26.4. The zero-order chi connectivity index (χ0) is 26.7. The number of benzene rings is 1. The van der Waals surface area contributed by atoms with Crippen LogP contribution in [0, 0.1) is 10.1 Å². The number of anilines is 1. The van der Waals surface area contributed by atoms with Crippen LogP contribution >= 0.6 is 34.7 Å². The zero-order valence-electron chi connectivity index (χ0n) is 19.1. The molecule has 37 heavy (non-hydrogen) atoms. The Hall–Kier alpha value is -3.69. The van der Waals surface area contributed by atoms with E-state index in [9.17, 15) is 24.5 Å². The second-order valence-corrected chi connectivity index (χ2v) is 9.99. The van der Waals surface area contributed by atoms with E-state index in [-0.39, 0.29) is 51.9 Å². The van der Waals surface area contributed by atoms with Gasteiger partial charge in [0.2, 0.25) is 0 Å². The molecule has 4 rings (SSSR count). The molecule has 2 amide bonds. The summed E-state index contributed by atoms with van der Waals surface area (Å²) in [6, 6.07) is 4.54. The van der Waals surface area contributed by atoms with Gasteiger partial charge in [0.25, 0.3) is 17.5 Å². The molecule has 3 N–H and O–H groups in total. The van der Waals surface area contributed by atoms with E-state index in [0.29, 0.717) is 5.56 Å². The van der Waals surface area contributed by atoms with Crippen molar-refractivity contribution in [2.24, 2.45) is 5.16 Å². The number of esters is 1. The lowest BCUT2D eigenvalue weighted by atomic mass is 10.0. The van der Waals surface area contributed by atoms with Gasteiger partial charge in [-0.15, -0.1) is 23.1 Å². The minimum absolute atomic E-state index is 0.0973. The van der Waals surface area contributed by atoms with Gasteiger partial charge in [0.15, 0.2) is 10.8 Å². The van der Waals surface area contributed by atoms with Crippen molar-refractivity contribution >= 4 is 69.0 Å². The molecule has 3 heterocycles. The zero-order valence-corrected chi connectivity index (χ0v) is 21.5. The predicted molar refractivity (Wildman–Crippen MR) is 135 cm³/mol. The third kappa shape index (κ3) is 5.52. The maximum atomic E-state index is 13.0. The second-order valence-electron chi connectivity index (χ2n) is 7.54. The number of nitro benzene ring substituents is 1. The van der Waals surface area contributed by atoms with Crippen LogP contribution in [0.25, 0.3) is 0 Å². The Morgan fingerprint density at radius 3 is 2.73 bits per heavy atom. The molecule has 1 unspecified atom stereocenters. The van der Waals surface area contributed by atoms with Crippen molar-refractivity contribution in [3.05, 3.63) is 61.7 Å². The fraction of sp³-hybridized carbons (Fsp3) is 0.286. The molecular formula is C21H19ClN6O7S2. The Labute approximate surface area is 222 Å². The predicted octanol–water partition coefficient (Wildman–Crippen LogP) is 1.97. The lowest BCUT2D eigenvalue weighted by molar-refractivity contribution is -0.384. The lowest BCUT2D eigenvalue weighted by Crippen LogP contribution is -2.71. The highest BCUT2D eigenvalue weighted by molar-refractivity contribution is 8.00. The summed E-state index contributed by atoms with van der Waals surface area (Å²) in [6.07, 6.45) is 0. The lowest BCUT2D eigenvalue weighted by Gasteiger charge is -2.49. The highest BCUT2D eigenvalue weighted by atomic mass is 35.5. The number of nitrogens with two attached hydrogens (primary N) is 1. The van der Waals surface area contributed by atoms with Crippen LogP contribution in [-0.2, 0) is 30.6 Å². The quantitative estimate of drug-likeness (QED) is 0.150. The Balaban J connectivity index is 1.43. The van der Waals surface area contributed by atoms with E-state index in [2.05, 4.69) is 15.5 Å². The highest BCUT2D eigenvalue weighted by Crippen LogP contribution is 2.41. The number of oxime groups is 1. The number of halogens is 1. The molecule has 13 nitrogen and oxygen atoms in total. The third-order valence-corrected chi connectivity index (χ3v) is 7.61. The van der Waals surface area contributed by atoms with E-state index >= 15 is 0 Å². The molecule has 0 saturated carbocycles. The van der Waals surface area contributed by atoms with Crippen LogP contribution < -0.4 is 11.1 Å². The molecule has 0 bridgehead atoms. The molecule has 16 heteroatoms. The summed E-state index contributed by atoms with van der Waals surface area (Å²) in [5, 5.41) is 18.5. The monoisotopic (exact) mass is 566 g/mol. The van der Waals surface area contributed by atoms with Crippen molar-refractivity contribution in [1.82, 2.24) is 15.2 Å². The fourth-order valence-electron chi connectivity index (χ4n) is 3.44. The largest absolute Gasteiger partial charge is 0.456 e. The molecular weight excluding hydrogens is 548 g/mol. The van der Waals surface area contributed by atoms with Gasteiger partial charge in [-0.3, -0.25) is 24.6 Å². The number of nitrogen functional groups attached to an aromatic ring is 1. The van der Waals surface area contributed by atoms with Crippen molar-refractivity contribution < 1.29 is 28.9 Å². The van der Waals surface area contributed by atoms with E-state index in [1.54, 1.807) is 12.3 Å². The number of carbonyl (C=O) groups excluding carboxylic acids is 3. The SMILES string of the molecule is CCON=C(C(=O)NC1C(=O)N2C(C(=O)OCc3ccc([N+](=O)[O-])cc3)=C(Cl)CS[C@@H]12)c1csc(N)n1. The molecule has 1 aromatic carbocycles. The summed E-state index contributed by atoms with van der Waals surface area (Å²) in [7, 11) is 0. The molecule has 2 atom stereocenters. The number of β-lactam (4-membered cyclic amide) rings is 1. The Bertz CT molecular complexity index is 1310. The number of hydrogen-bond donors (Lipinski definition) is 2. The average Bonchev–Trinajstić information content (AvgIpc) is 3.31. The normalized spacial score (nSPS) is 19.1. The van der Waals surface area contributed by atoms with Gasteiger partial charge in [-0.1, -0.05) is 16.8 Å².